The van der Waals surface area contributed by atoms with E-state index in [1.54, 1.807) is 0 Å². The van der Waals surface area contributed by atoms with Gasteiger partial charge in [-0.2, -0.15) is 5.26 Å². The Morgan fingerprint density at radius 3 is 1.92 bits per heavy atom. The molecule has 52 heavy (non-hydrogen) atoms. The number of hydrogen-bond acceptors (Lipinski definition) is 6. The molecular formula is C46H31N5O. The van der Waals surface area contributed by atoms with Gasteiger partial charge in [-0.3, -0.25) is 0 Å². The Morgan fingerprint density at radius 2 is 1.23 bits per heavy atom. The molecule has 0 atom stereocenters. The van der Waals surface area contributed by atoms with Crippen molar-refractivity contribution in [1.29, 1.82) is 5.26 Å². The zero-order chi connectivity index (χ0) is 35.0. The van der Waals surface area contributed by atoms with Crippen molar-refractivity contribution in [3.05, 3.63) is 181 Å². The number of ether oxygens (including phenoxy) is 1. The Balaban J connectivity index is 1.16. The number of para-hydroxylation sites is 5. The number of aromatic nitrogens is 2. The summed E-state index contributed by atoms with van der Waals surface area (Å²) >= 11 is 0. The molecule has 0 unspecified atom stereocenters. The van der Waals surface area contributed by atoms with Gasteiger partial charge in [0.15, 0.2) is 17.3 Å². The number of nitriles is 1. The molecule has 6 nitrogen and oxygen atoms in total. The minimum absolute atomic E-state index is 0.531. The van der Waals surface area contributed by atoms with Crippen LogP contribution in [0.2, 0.25) is 0 Å². The lowest BCUT2D eigenvalue weighted by Crippen LogP contribution is -2.16. The van der Waals surface area contributed by atoms with Crippen LogP contribution in [0.5, 0.6) is 11.5 Å². The van der Waals surface area contributed by atoms with Crippen LogP contribution in [0.15, 0.2) is 170 Å². The molecule has 0 N–H and O–H groups in total. The predicted octanol–water partition coefficient (Wildman–Crippen LogP) is 12.2. The quantitative estimate of drug-likeness (QED) is 0.176. The van der Waals surface area contributed by atoms with E-state index >= 15 is 0 Å². The van der Waals surface area contributed by atoms with Gasteiger partial charge >= 0.3 is 0 Å². The normalized spacial score (nSPS) is 11.7. The minimum Gasteiger partial charge on any atom is -0.453 e. The average molecular weight is 670 g/mol. The van der Waals surface area contributed by atoms with E-state index in [9.17, 15) is 5.26 Å². The summed E-state index contributed by atoms with van der Waals surface area (Å²) in [5, 5.41) is 11.7. The van der Waals surface area contributed by atoms with Crippen molar-refractivity contribution in [2.75, 3.05) is 9.80 Å². The van der Waals surface area contributed by atoms with Crippen molar-refractivity contribution in [2.45, 2.75) is 6.92 Å². The van der Waals surface area contributed by atoms with Crippen LogP contribution in [0.4, 0.5) is 34.1 Å². The van der Waals surface area contributed by atoms with E-state index in [1.807, 2.05) is 109 Å². The van der Waals surface area contributed by atoms with Gasteiger partial charge in [0.1, 0.15) is 6.07 Å². The monoisotopic (exact) mass is 669 g/mol. The van der Waals surface area contributed by atoms with E-state index in [1.165, 1.54) is 0 Å². The molecule has 0 fully saturated rings. The zero-order valence-electron chi connectivity index (χ0n) is 28.3. The lowest BCUT2D eigenvalue weighted by molar-refractivity contribution is 0.477. The molecule has 1 aromatic heterocycles. The number of aryl methyl sites for hydroxylation is 1. The van der Waals surface area contributed by atoms with Gasteiger partial charge in [-0.25, -0.2) is 9.97 Å². The molecule has 8 aromatic rings. The number of anilines is 6. The van der Waals surface area contributed by atoms with Crippen molar-refractivity contribution in [1.82, 2.24) is 9.97 Å². The Labute approximate surface area is 302 Å². The fourth-order valence-electron chi connectivity index (χ4n) is 6.99. The number of fused-ring (bicyclic) bond motifs is 3. The molecule has 1 aliphatic rings. The summed E-state index contributed by atoms with van der Waals surface area (Å²) in [5.74, 6) is 2.25. The molecule has 0 radical (unpaired) electrons. The highest BCUT2D eigenvalue weighted by Gasteiger charge is 2.26. The number of rotatable bonds is 6. The van der Waals surface area contributed by atoms with Crippen LogP contribution in [0, 0.1) is 18.3 Å². The second-order valence-electron chi connectivity index (χ2n) is 12.6. The van der Waals surface area contributed by atoms with Crippen LogP contribution >= 0.6 is 0 Å². The van der Waals surface area contributed by atoms with Crippen LogP contribution in [0.1, 0.15) is 11.1 Å². The van der Waals surface area contributed by atoms with Crippen molar-refractivity contribution in [3.8, 4) is 40.2 Å². The predicted molar refractivity (Wildman–Crippen MR) is 209 cm³/mol. The SMILES string of the molecule is Cc1cccc2nc(-c3ccccc3)nc(-c3ccc(N(c4ccccc4)c4ccc(N5c6ccccc6Oc6ccccc65)cc4)c(C#N)c3)c12. The molecule has 0 saturated heterocycles. The largest absolute Gasteiger partial charge is 0.453 e. The summed E-state index contributed by atoms with van der Waals surface area (Å²) < 4.78 is 6.24. The van der Waals surface area contributed by atoms with Crippen molar-refractivity contribution < 1.29 is 4.74 Å². The standard InChI is InChI=1S/C46H31N5O/c1-31-13-12-18-38-44(31)45(49-46(48-38)32-14-4-2-5-15-32)33-23-28-39(34(29-33)30-47)50(35-16-6-3-7-17-35)36-24-26-37(27-25-36)51-40-19-8-10-21-42(40)52-43-22-11-9-20-41(43)51/h2-29H,1H3. The molecule has 0 amide bonds. The second-order valence-corrected chi connectivity index (χ2v) is 12.6. The van der Waals surface area contributed by atoms with Gasteiger partial charge in [0.2, 0.25) is 0 Å². The maximum atomic E-state index is 10.7. The van der Waals surface area contributed by atoms with Gasteiger partial charge in [-0.05, 0) is 91.3 Å². The van der Waals surface area contributed by atoms with E-state index in [0.717, 1.165) is 78.9 Å². The third kappa shape index (κ3) is 5.38. The molecule has 0 spiro atoms. The number of hydrogen-bond donors (Lipinski definition) is 0. The van der Waals surface area contributed by atoms with Crippen LogP contribution in [0.3, 0.4) is 0 Å². The van der Waals surface area contributed by atoms with E-state index < -0.39 is 0 Å². The molecule has 9 rings (SSSR count). The topological polar surface area (TPSA) is 65.3 Å². The average Bonchev–Trinajstić information content (AvgIpc) is 3.21. The summed E-state index contributed by atoms with van der Waals surface area (Å²) in [6.07, 6.45) is 0. The molecule has 0 aliphatic carbocycles. The Morgan fingerprint density at radius 1 is 0.596 bits per heavy atom. The fourth-order valence-corrected chi connectivity index (χ4v) is 6.99. The molecule has 0 saturated carbocycles. The molecule has 0 bridgehead atoms. The maximum Gasteiger partial charge on any atom is 0.160 e. The minimum atomic E-state index is 0.531. The number of nitrogens with zero attached hydrogens (tertiary/aromatic N) is 5. The summed E-state index contributed by atoms with van der Waals surface area (Å²) in [7, 11) is 0. The smallest absolute Gasteiger partial charge is 0.160 e. The first kappa shape index (κ1) is 30.8. The summed E-state index contributed by atoms with van der Waals surface area (Å²) in [5.41, 5.74) is 10.6. The molecule has 2 heterocycles. The number of benzene rings is 7. The van der Waals surface area contributed by atoms with E-state index in [0.29, 0.717) is 11.4 Å². The Kier molecular flexibility index (Phi) is 7.64. The third-order valence-corrected chi connectivity index (χ3v) is 9.41. The molecule has 1 aliphatic heterocycles. The van der Waals surface area contributed by atoms with Gasteiger partial charge in [0, 0.05) is 33.6 Å². The van der Waals surface area contributed by atoms with Gasteiger partial charge < -0.3 is 14.5 Å². The summed E-state index contributed by atoms with van der Waals surface area (Å²) in [6.45, 7) is 2.08. The molecule has 7 aromatic carbocycles. The van der Waals surface area contributed by atoms with Crippen molar-refractivity contribution in [2.24, 2.45) is 0 Å². The van der Waals surface area contributed by atoms with Crippen molar-refractivity contribution >= 4 is 45.0 Å². The van der Waals surface area contributed by atoms with E-state index in [4.69, 9.17) is 14.7 Å². The van der Waals surface area contributed by atoms with Gasteiger partial charge in [-0.15, -0.1) is 0 Å². The fraction of sp³-hybridized carbons (Fsp3) is 0.0217. The van der Waals surface area contributed by atoms with E-state index in [2.05, 4.69) is 83.5 Å². The second kappa shape index (κ2) is 12.9. The lowest BCUT2D eigenvalue weighted by Gasteiger charge is -2.33. The highest BCUT2D eigenvalue weighted by Crippen LogP contribution is 2.50. The first-order valence-corrected chi connectivity index (χ1v) is 17.1. The van der Waals surface area contributed by atoms with Crippen LogP contribution in [0.25, 0.3) is 33.5 Å². The summed E-state index contributed by atoms with van der Waals surface area (Å²) in [4.78, 5) is 14.4. The van der Waals surface area contributed by atoms with Crippen LogP contribution in [-0.4, -0.2) is 9.97 Å². The lowest BCUT2D eigenvalue weighted by atomic mass is 9.99. The Hall–Kier alpha value is -7.23. The van der Waals surface area contributed by atoms with E-state index in [-0.39, 0.29) is 0 Å². The van der Waals surface area contributed by atoms with Crippen LogP contribution in [-0.2, 0) is 0 Å². The van der Waals surface area contributed by atoms with Gasteiger partial charge in [-0.1, -0.05) is 91.0 Å². The third-order valence-electron chi connectivity index (χ3n) is 9.41. The van der Waals surface area contributed by atoms with Gasteiger partial charge in [0.25, 0.3) is 0 Å². The van der Waals surface area contributed by atoms with Crippen LogP contribution < -0.4 is 14.5 Å². The molecule has 6 heteroatoms. The molecule has 246 valence electrons. The molecular weight excluding hydrogens is 639 g/mol. The highest BCUT2D eigenvalue weighted by molar-refractivity contribution is 5.97. The Bertz CT molecular complexity index is 2590. The maximum absolute atomic E-state index is 10.7. The first-order chi connectivity index (χ1) is 25.7. The highest BCUT2D eigenvalue weighted by atomic mass is 16.5. The van der Waals surface area contributed by atoms with Gasteiger partial charge in [0.05, 0.1) is 33.8 Å². The first-order valence-electron chi connectivity index (χ1n) is 17.1. The summed E-state index contributed by atoms with van der Waals surface area (Å²) in [6, 6.07) is 59.4. The van der Waals surface area contributed by atoms with Crippen molar-refractivity contribution in [3.63, 3.8) is 0 Å². The zero-order valence-corrected chi connectivity index (χ0v) is 28.3.